The highest BCUT2D eigenvalue weighted by Crippen LogP contribution is 2.37. The number of hydrogen-bond donors (Lipinski definition) is 1. The van der Waals surface area contributed by atoms with Crippen LogP contribution in [0.5, 0.6) is 0 Å². The first-order valence-electron chi connectivity index (χ1n) is 7.87. The summed E-state index contributed by atoms with van der Waals surface area (Å²) < 4.78 is 0. The molecule has 1 aliphatic rings. The summed E-state index contributed by atoms with van der Waals surface area (Å²) in [7, 11) is 4.19. The van der Waals surface area contributed by atoms with Gasteiger partial charge in [-0.15, -0.1) is 0 Å². The second-order valence-corrected chi connectivity index (χ2v) is 6.17. The van der Waals surface area contributed by atoms with Gasteiger partial charge >= 0.3 is 0 Å². The maximum absolute atomic E-state index is 10.6. The molecule has 0 aliphatic heterocycles. The van der Waals surface area contributed by atoms with Crippen molar-refractivity contribution in [2.45, 2.75) is 18.9 Å². The molecule has 2 nitrogen and oxygen atoms in total. The molecule has 1 unspecified atom stereocenters. The van der Waals surface area contributed by atoms with Gasteiger partial charge in [-0.25, -0.2) is 0 Å². The van der Waals surface area contributed by atoms with E-state index in [1.165, 1.54) is 22.3 Å². The van der Waals surface area contributed by atoms with Crippen LogP contribution < -0.4 is 0 Å². The molecule has 0 amide bonds. The molecule has 3 rings (SSSR count). The highest BCUT2D eigenvalue weighted by molar-refractivity contribution is 5.84. The first-order chi connectivity index (χ1) is 10.7. The lowest BCUT2D eigenvalue weighted by atomic mass is 9.93. The lowest BCUT2D eigenvalue weighted by Gasteiger charge is -2.14. The monoisotopic (exact) mass is 293 g/mol. The third-order valence-corrected chi connectivity index (χ3v) is 4.26. The van der Waals surface area contributed by atoms with Crippen LogP contribution in [-0.2, 0) is 6.42 Å². The van der Waals surface area contributed by atoms with Crippen molar-refractivity contribution in [1.82, 2.24) is 4.90 Å². The van der Waals surface area contributed by atoms with Crippen LogP contribution in [0.4, 0.5) is 0 Å². The molecule has 0 fully saturated rings. The number of hydrogen-bond acceptors (Lipinski definition) is 2. The molecule has 0 heterocycles. The lowest BCUT2D eigenvalue weighted by Crippen LogP contribution is -2.12. The topological polar surface area (TPSA) is 23.5 Å². The second kappa shape index (κ2) is 6.47. The van der Waals surface area contributed by atoms with Crippen molar-refractivity contribution in [2.24, 2.45) is 0 Å². The fraction of sp³-hybridized carbons (Fsp3) is 0.300. The van der Waals surface area contributed by atoms with Gasteiger partial charge in [-0.3, -0.25) is 0 Å². The number of aliphatic hydroxyl groups excluding tert-OH is 1. The van der Waals surface area contributed by atoms with E-state index >= 15 is 0 Å². The van der Waals surface area contributed by atoms with Crippen molar-refractivity contribution >= 4 is 5.57 Å². The fourth-order valence-electron chi connectivity index (χ4n) is 3.14. The molecule has 0 saturated heterocycles. The summed E-state index contributed by atoms with van der Waals surface area (Å²) >= 11 is 0. The zero-order chi connectivity index (χ0) is 15.5. The Balaban J connectivity index is 2.11. The fourth-order valence-corrected chi connectivity index (χ4v) is 3.14. The summed E-state index contributed by atoms with van der Waals surface area (Å²) in [5, 5.41) is 10.6. The van der Waals surface area contributed by atoms with E-state index in [9.17, 15) is 5.11 Å². The van der Waals surface area contributed by atoms with Crippen molar-refractivity contribution in [3.8, 4) is 0 Å². The molecule has 2 aromatic carbocycles. The van der Waals surface area contributed by atoms with Gasteiger partial charge in [0.15, 0.2) is 0 Å². The second-order valence-electron chi connectivity index (χ2n) is 6.17. The van der Waals surface area contributed by atoms with Crippen molar-refractivity contribution in [3.63, 3.8) is 0 Å². The van der Waals surface area contributed by atoms with Gasteiger partial charge in [0, 0.05) is 13.0 Å². The Morgan fingerprint density at radius 3 is 2.50 bits per heavy atom. The van der Waals surface area contributed by atoms with E-state index in [-0.39, 0.29) is 0 Å². The zero-order valence-electron chi connectivity index (χ0n) is 13.3. The molecule has 2 aromatic rings. The smallest absolute Gasteiger partial charge is 0.0836 e. The first kappa shape index (κ1) is 15.0. The lowest BCUT2D eigenvalue weighted by molar-refractivity contribution is 0.179. The van der Waals surface area contributed by atoms with E-state index < -0.39 is 6.10 Å². The SMILES string of the molecule is CN(C)CC/C=C1/c2ccccc2CC(O)c2ccccc21. The molecule has 114 valence electrons. The zero-order valence-corrected chi connectivity index (χ0v) is 13.3. The number of fused-ring (bicyclic) bond motifs is 2. The van der Waals surface area contributed by atoms with Gasteiger partial charge in [0.05, 0.1) is 6.10 Å². The number of nitrogens with zero attached hydrogens (tertiary/aromatic N) is 1. The molecule has 2 heteroatoms. The van der Waals surface area contributed by atoms with Gasteiger partial charge in [-0.2, -0.15) is 0 Å². The van der Waals surface area contributed by atoms with Crippen LogP contribution in [-0.4, -0.2) is 30.6 Å². The van der Waals surface area contributed by atoms with Gasteiger partial charge in [0.2, 0.25) is 0 Å². The Labute approximate surface area is 132 Å². The molecule has 22 heavy (non-hydrogen) atoms. The minimum Gasteiger partial charge on any atom is -0.388 e. The van der Waals surface area contributed by atoms with Gasteiger partial charge < -0.3 is 10.0 Å². The largest absolute Gasteiger partial charge is 0.388 e. The van der Waals surface area contributed by atoms with Gasteiger partial charge in [0.1, 0.15) is 0 Å². The molecule has 0 aromatic heterocycles. The molecular weight excluding hydrogens is 270 g/mol. The summed E-state index contributed by atoms with van der Waals surface area (Å²) in [5.41, 5.74) is 5.94. The molecule has 0 bridgehead atoms. The summed E-state index contributed by atoms with van der Waals surface area (Å²) in [4.78, 5) is 2.19. The van der Waals surface area contributed by atoms with Crippen LogP contribution in [0.1, 0.15) is 34.8 Å². The Kier molecular flexibility index (Phi) is 4.41. The number of aliphatic hydroxyl groups is 1. The standard InChI is InChI=1S/C20H23NO/c1-21(2)13-7-12-17-16-9-4-3-8-15(16)14-20(22)19-11-6-5-10-18(17)19/h3-6,8-12,20,22H,7,13-14H2,1-2H3/b17-12-. The van der Waals surface area contributed by atoms with Crippen molar-refractivity contribution in [2.75, 3.05) is 20.6 Å². The first-order valence-corrected chi connectivity index (χ1v) is 7.87. The minimum atomic E-state index is -0.433. The number of rotatable bonds is 3. The van der Waals surface area contributed by atoms with E-state index in [0.717, 1.165) is 18.5 Å². The normalized spacial score (nSPS) is 18.9. The van der Waals surface area contributed by atoms with Crippen LogP contribution >= 0.6 is 0 Å². The average Bonchev–Trinajstić information content (AvgIpc) is 2.63. The van der Waals surface area contributed by atoms with Crippen molar-refractivity contribution < 1.29 is 5.11 Å². The maximum Gasteiger partial charge on any atom is 0.0836 e. The van der Waals surface area contributed by atoms with E-state index in [1.54, 1.807) is 0 Å². The van der Waals surface area contributed by atoms with Gasteiger partial charge in [-0.1, -0.05) is 54.6 Å². The predicted octanol–water partition coefficient (Wildman–Crippen LogP) is 3.66. The highest BCUT2D eigenvalue weighted by atomic mass is 16.3. The van der Waals surface area contributed by atoms with Crippen LogP contribution in [0.15, 0.2) is 54.6 Å². The molecule has 1 atom stereocenters. The predicted molar refractivity (Wildman–Crippen MR) is 91.8 cm³/mol. The van der Waals surface area contributed by atoms with Crippen molar-refractivity contribution in [1.29, 1.82) is 0 Å². The van der Waals surface area contributed by atoms with Gasteiger partial charge in [0.25, 0.3) is 0 Å². The molecule has 1 N–H and O–H groups in total. The van der Waals surface area contributed by atoms with E-state index in [4.69, 9.17) is 0 Å². The molecule has 1 aliphatic carbocycles. The van der Waals surface area contributed by atoms with E-state index in [1.807, 2.05) is 12.1 Å². The Morgan fingerprint density at radius 1 is 1.05 bits per heavy atom. The molecular formula is C20H23NO. The Hall–Kier alpha value is -1.90. The third-order valence-electron chi connectivity index (χ3n) is 4.26. The Bertz CT molecular complexity index is 688. The van der Waals surface area contributed by atoms with Crippen LogP contribution in [0.3, 0.4) is 0 Å². The quantitative estimate of drug-likeness (QED) is 0.933. The van der Waals surface area contributed by atoms with Crippen LogP contribution in [0.2, 0.25) is 0 Å². The van der Waals surface area contributed by atoms with Crippen molar-refractivity contribution in [3.05, 3.63) is 76.9 Å². The summed E-state index contributed by atoms with van der Waals surface area (Å²) in [5.74, 6) is 0. The van der Waals surface area contributed by atoms with E-state index in [0.29, 0.717) is 6.42 Å². The molecule has 0 spiro atoms. The number of benzene rings is 2. The van der Waals surface area contributed by atoms with Crippen LogP contribution in [0.25, 0.3) is 5.57 Å². The average molecular weight is 293 g/mol. The summed E-state index contributed by atoms with van der Waals surface area (Å²) in [6.45, 7) is 1.02. The van der Waals surface area contributed by atoms with Crippen LogP contribution in [0, 0.1) is 0 Å². The highest BCUT2D eigenvalue weighted by Gasteiger charge is 2.22. The molecule has 0 radical (unpaired) electrons. The van der Waals surface area contributed by atoms with Gasteiger partial charge in [-0.05, 0) is 48.3 Å². The summed E-state index contributed by atoms with van der Waals surface area (Å²) in [6.07, 6.45) is 3.56. The minimum absolute atomic E-state index is 0.433. The summed E-state index contributed by atoms with van der Waals surface area (Å²) in [6, 6.07) is 16.7. The third kappa shape index (κ3) is 2.99. The molecule has 0 saturated carbocycles. The Morgan fingerprint density at radius 2 is 1.73 bits per heavy atom. The van der Waals surface area contributed by atoms with E-state index in [2.05, 4.69) is 61.5 Å². The maximum atomic E-state index is 10.6.